The third-order valence-corrected chi connectivity index (χ3v) is 9.45. The van der Waals surface area contributed by atoms with Gasteiger partial charge in [0.15, 0.2) is 4.90 Å². The number of fused-ring (bicyclic) bond motifs is 1. The minimum atomic E-state index is -1.36. The van der Waals surface area contributed by atoms with Gasteiger partial charge in [0.05, 0.1) is 17.7 Å². The number of carbonyl (C=O) groups excluding carboxylic acids is 2. The number of carbonyl (C=O) groups is 2. The lowest BCUT2D eigenvalue weighted by molar-refractivity contribution is -0.138. The number of hydrogen-bond acceptors (Lipinski definition) is 7. The second-order valence-corrected chi connectivity index (χ2v) is 12.8. The fourth-order valence-electron chi connectivity index (χ4n) is 4.21. The van der Waals surface area contributed by atoms with Crippen LogP contribution in [0.4, 0.5) is 21.5 Å². The van der Waals surface area contributed by atoms with Gasteiger partial charge in [-0.3, -0.25) is 4.79 Å². The van der Waals surface area contributed by atoms with E-state index >= 15 is 0 Å². The van der Waals surface area contributed by atoms with E-state index in [0.717, 1.165) is 31.3 Å². The van der Waals surface area contributed by atoms with E-state index in [1.54, 1.807) is 6.07 Å². The van der Waals surface area contributed by atoms with Crippen molar-refractivity contribution < 1.29 is 28.0 Å². The third-order valence-electron chi connectivity index (χ3n) is 7.00. The number of nitrogens with one attached hydrogen (secondary N) is 1. The third kappa shape index (κ3) is 7.10. The van der Waals surface area contributed by atoms with Gasteiger partial charge in [-0.15, -0.1) is 11.8 Å². The zero-order valence-corrected chi connectivity index (χ0v) is 25.2. The van der Waals surface area contributed by atoms with E-state index in [-0.39, 0.29) is 11.3 Å². The van der Waals surface area contributed by atoms with Crippen molar-refractivity contribution in [1.29, 1.82) is 0 Å². The van der Waals surface area contributed by atoms with Crippen LogP contribution in [0.2, 0.25) is 0 Å². The molecule has 3 rings (SSSR count). The fraction of sp³-hybridized carbons (Fsp3) is 0.448. The van der Waals surface area contributed by atoms with Gasteiger partial charge in [-0.05, 0) is 60.6 Å². The molecule has 10 heteroatoms. The van der Waals surface area contributed by atoms with Gasteiger partial charge in [0.25, 0.3) is 0 Å². The van der Waals surface area contributed by atoms with E-state index in [9.17, 15) is 18.5 Å². The average Bonchev–Trinajstić information content (AvgIpc) is 3.04. The first kappa shape index (κ1) is 30.8. The lowest BCUT2D eigenvalue weighted by Crippen LogP contribution is -2.37. The number of anilines is 3. The number of amides is 1. The monoisotopic (exact) mass is 576 g/mol. The molecular formula is C29H37FN2O5S2. The summed E-state index contributed by atoms with van der Waals surface area (Å²) in [5, 5.41) is 2.96. The molecule has 0 saturated heterocycles. The Bertz CT molecular complexity index is 1220. The molecule has 1 aliphatic rings. The molecule has 212 valence electrons. The minimum Gasteiger partial charge on any atom is -0.611 e. The van der Waals surface area contributed by atoms with Gasteiger partial charge in [0.2, 0.25) is 11.7 Å². The van der Waals surface area contributed by atoms with Gasteiger partial charge in [0, 0.05) is 34.8 Å². The van der Waals surface area contributed by atoms with Crippen LogP contribution in [-0.4, -0.2) is 42.1 Å². The lowest BCUT2D eigenvalue weighted by atomic mass is 9.83. The summed E-state index contributed by atoms with van der Waals surface area (Å²) in [4.78, 5) is 27.3. The molecule has 0 fully saturated rings. The molecule has 0 saturated carbocycles. The minimum absolute atomic E-state index is 0.0726. The Morgan fingerprint density at radius 1 is 1.21 bits per heavy atom. The molecule has 0 radical (unpaired) electrons. The van der Waals surface area contributed by atoms with E-state index in [1.807, 2.05) is 57.4 Å². The molecule has 0 bridgehead atoms. The number of nitrogens with zero attached hydrogens (tertiary/aromatic N) is 1. The molecule has 7 nitrogen and oxygen atoms in total. The first-order chi connectivity index (χ1) is 18.4. The second-order valence-electron chi connectivity index (χ2n) is 10.6. The first-order valence-corrected chi connectivity index (χ1v) is 15.3. The molecule has 0 aromatic heterocycles. The number of halogens is 1. The highest BCUT2D eigenvalue weighted by atomic mass is 32.2. The van der Waals surface area contributed by atoms with Crippen molar-refractivity contribution in [2.45, 2.75) is 57.3 Å². The summed E-state index contributed by atoms with van der Waals surface area (Å²) < 4.78 is 37.7. The van der Waals surface area contributed by atoms with E-state index in [0.29, 0.717) is 39.8 Å². The molecule has 2 aromatic carbocycles. The van der Waals surface area contributed by atoms with E-state index in [1.165, 1.54) is 11.8 Å². The molecule has 1 heterocycles. The lowest BCUT2D eigenvalue weighted by Gasteiger charge is -2.34. The Hall–Kier alpha value is -2.69. The largest absolute Gasteiger partial charge is 0.611 e. The molecule has 1 atom stereocenters. The summed E-state index contributed by atoms with van der Waals surface area (Å²) in [7, 11) is 1.09. The zero-order valence-electron chi connectivity index (χ0n) is 23.6. The van der Waals surface area contributed by atoms with Crippen LogP contribution >= 0.6 is 11.8 Å². The van der Waals surface area contributed by atoms with Crippen molar-refractivity contribution in [2.24, 2.45) is 10.8 Å². The van der Waals surface area contributed by atoms with Crippen LogP contribution in [0.3, 0.4) is 0 Å². The van der Waals surface area contributed by atoms with Crippen LogP contribution < -0.4 is 15.0 Å². The molecule has 0 aliphatic carbocycles. The van der Waals surface area contributed by atoms with Gasteiger partial charge < -0.3 is 24.2 Å². The first-order valence-electron chi connectivity index (χ1n) is 12.8. The number of rotatable bonds is 8. The Morgan fingerprint density at radius 2 is 1.85 bits per heavy atom. The van der Waals surface area contributed by atoms with Crippen molar-refractivity contribution in [2.75, 3.05) is 35.9 Å². The quantitative estimate of drug-likeness (QED) is 0.121. The number of hydrogen-bond donors (Lipinski definition) is 1. The fourth-order valence-corrected chi connectivity index (χ4v) is 6.60. The molecule has 1 unspecified atom stereocenters. The summed E-state index contributed by atoms with van der Waals surface area (Å²) >= 11 is 0.0387. The highest BCUT2D eigenvalue weighted by molar-refractivity contribution is 7.98. The number of esters is 1. The van der Waals surface area contributed by atoms with Crippen molar-refractivity contribution in [3.8, 4) is 5.75 Å². The Balaban J connectivity index is 2.09. The van der Waals surface area contributed by atoms with Crippen LogP contribution in [0.5, 0.6) is 5.75 Å². The van der Waals surface area contributed by atoms with Crippen LogP contribution in [0.1, 0.15) is 47.5 Å². The normalized spacial score (nSPS) is 17.2. The zero-order chi connectivity index (χ0) is 29.0. The molecule has 39 heavy (non-hydrogen) atoms. The van der Waals surface area contributed by atoms with Gasteiger partial charge in [-0.2, -0.15) is 4.39 Å². The molecule has 1 N–H and O–H groups in total. The predicted molar refractivity (Wildman–Crippen MR) is 156 cm³/mol. The van der Waals surface area contributed by atoms with Crippen molar-refractivity contribution in [3.63, 3.8) is 0 Å². The smallest absolute Gasteiger partial charge is 0.370 e. The molecule has 1 amide bonds. The van der Waals surface area contributed by atoms with E-state index < -0.39 is 28.4 Å². The van der Waals surface area contributed by atoms with Crippen molar-refractivity contribution in [1.82, 2.24) is 0 Å². The predicted octanol–water partition coefficient (Wildman–Crippen LogP) is 6.82. The highest BCUT2D eigenvalue weighted by Gasteiger charge is 2.41. The SMILES string of the molecule is CCC1(CC)CN(c2ccc(NC(=O)C(C)(C)C)cc2)c2cc(SC)c(O/C=C(\F)C(=O)OC)cc2[S+]([O-])C1. The Kier molecular flexibility index (Phi) is 10.0. The Labute approximate surface area is 237 Å². The van der Waals surface area contributed by atoms with Crippen LogP contribution in [0.15, 0.2) is 58.3 Å². The summed E-state index contributed by atoms with van der Waals surface area (Å²) in [6, 6.07) is 11.2. The maximum atomic E-state index is 14.0. The number of benzene rings is 2. The van der Waals surface area contributed by atoms with Crippen LogP contribution in [0, 0.1) is 10.8 Å². The summed E-state index contributed by atoms with van der Waals surface area (Å²) in [5.74, 6) is -1.61. The van der Waals surface area contributed by atoms with Gasteiger partial charge >= 0.3 is 5.97 Å². The molecule has 0 spiro atoms. The maximum Gasteiger partial charge on any atom is 0.370 e. The molecular weight excluding hydrogens is 539 g/mol. The van der Waals surface area contributed by atoms with Crippen molar-refractivity contribution >= 4 is 51.9 Å². The van der Waals surface area contributed by atoms with Crippen molar-refractivity contribution in [3.05, 3.63) is 48.5 Å². The summed E-state index contributed by atoms with van der Waals surface area (Å²) in [6.07, 6.45) is 4.25. The van der Waals surface area contributed by atoms with Gasteiger partial charge in [-0.25, -0.2) is 4.79 Å². The number of thioether (sulfide) groups is 1. The van der Waals surface area contributed by atoms with Crippen LogP contribution in [0.25, 0.3) is 0 Å². The standard InChI is InChI=1S/C29H37FN2O5S2/c1-8-29(9-2)17-32(20-12-10-19(11-13-20)31-27(34)28(3,4)5)22-14-24(38-7)23(15-25(22)39(35)18-29)37-16-21(30)26(33)36-6/h10-16H,8-9,17-18H2,1-7H3,(H,31,34)/b21-16-. The van der Waals surface area contributed by atoms with Gasteiger partial charge in [-0.1, -0.05) is 34.6 Å². The number of methoxy groups -OCH3 is 1. The summed E-state index contributed by atoms with van der Waals surface area (Å²) in [5.41, 5.74) is 1.64. The molecule has 2 aromatic rings. The highest BCUT2D eigenvalue weighted by Crippen LogP contribution is 2.47. The maximum absolute atomic E-state index is 14.0. The topological polar surface area (TPSA) is 90.9 Å². The van der Waals surface area contributed by atoms with Crippen LogP contribution in [-0.2, 0) is 25.5 Å². The van der Waals surface area contributed by atoms with Gasteiger partial charge in [0.1, 0.15) is 17.8 Å². The van der Waals surface area contributed by atoms with E-state index in [4.69, 9.17) is 4.74 Å². The van der Waals surface area contributed by atoms with E-state index in [2.05, 4.69) is 28.8 Å². The second kappa shape index (κ2) is 12.7. The summed E-state index contributed by atoms with van der Waals surface area (Å²) in [6.45, 7) is 10.5. The average molecular weight is 577 g/mol. The molecule has 1 aliphatic heterocycles. The number of ether oxygens (including phenoxy) is 2. The Morgan fingerprint density at radius 3 is 2.38 bits per heavy atom.